The summed E-state index contributed by atoms with van der Waals surface area (Å²) in [5, 5.41) is 7.90. The first-order chi connectivity index (χ1) is 11.2. The lowest BCUT2D eigenvalue weighted by molar-refractivity contribution is -0.134. The second-order valence-electron chi connectivity index (χ2n) is 5.29. The van der Waals surface area contributed by atoms with Gasteiger partial charge >= 0.3 is 5.63 Å². The Balaban J connectivity index is 0.000000471. The van der Waals surface area contributed by atoms with Gasteiger partial charge in [-0.3, -0.25) is 14.4 Å². The second kappa shape index (κ2) is 6.53. The molecule has 2 amide bonds. The molecule has 0 bridgehead atoms. The SMILES string of the molecule is CC(=O)O.Cc1ccc2c(N3C(=O)CCC3=O)c(N)c(=O)oc2c1. The quantitative estimate of drug-likeness (QED) is 0.596. The number of carbonyl (C=O) groups is 3. The summed E-state index contributed by atoms with van der Waals surface area (Å²) in [5.74, 6) is -1.54. The van der Waals surface area contributed by atoms with Gasteiger partial charge in [0.05, 0.1) is 5.69 Å². The highest BCUT2D eigenvalue weighted by Gasteiger charge is 2.34. The summed E-state index contributed by atoms with van der Waals surface area (Å²) in [4.78, 5) is 45.5. The first-order valence-corrected chi connectivity index (χ1v) is 7.10. The summed E-state index contributed by atoms with van der Waals surface area (Å²) in [6.45, 7) is 2.93. The van der Waals surface area contributed by atoms with E-state index in [1.807, 2.05) is 6.92 Å². The van der Waals surface area contributed by atoms with Crippen LogP contribution < -0.4 is 16.3 Å². The molecular formula is C16H16N2O6. The maximum Gasteiger partial charge on any atom is 0.361 e. The average Bonchev–Trinajstić information content (AvgIpc) is 2.80. The molecule has 1 aliphatic heterocycles. The number of rotatable bonds is 1. The van der Waals surface area contributed by atoms with Gasteiger partial charge in [0.25, 0.3) is 5.97 Å². The fraction of sp³-hybridized carbons (Fsp3) is 0.250. The van der Waals surface area contributed by atoms with Crippen molar-refractivity contribution in [2.75, 3.05) is 10.6 Å². The van der Waals surface area contributed by atoms with Crippen molar-refractivity contribution >= 4 is 40.1 Å². The molecule has 1 saturated heterocycles. The van der Waals surface area contributed by atoms with Crippen molar-refractivity contribution in [1.82, 2.24) is 0 Å². The third-order valence-electron chi connectivity index (χ3n) is 3.35. The molecule has 1 aliphatic rings. The van der Waals surface area contributed by atoms with Crippen molar-refractivity contribution in [3.63, 3.8) is 0 Å². The number of amides is 2. The molecule has 0 spiro atoms. The number of nitrogens with zero attached hydrogens (tertiary/aromatic N) is 1. The lowest BCUT2D eigenvalue weighted by Gasteiger charge is -2.17. The Labute approximate surface area is 136 Å². The van der Waals surface area contributed by atoms with Gasteiger partial charge in [0.15, 0.2) is 0 Å². The van der Waals surface area contributed by atoms with Gasteiger partial charge in [-0.1, -0.05) is 6.07 Å². The zero-order valence-electron chi connectivity index (χ0n) is 13.2. The zero-order valence-corrected chi connectivity index (χ0v) is 13.2. The highest BCUT2D eigenvalue weighted by Crippen LogP contribution is 2.34. The Morgan fingerprint density at radius 1 is 1.21 bits per heavy atom. The van der Waals surface area contributed by atoms with Gasteiger partial charge in [-0.25, -0.2) is 9.69 Å². The molecule has 2 aromatic rings. The molecule has 126 valence electrons. The fourth-order valence-corrected chi connectivity index (χ4v) is 2.37. The summed E-state index contributed by atoms with van der Waals surface area (Å²) in [6, 6.07) is 5.17. The summed E-state index contributed by atoms with van der Waals surface area (Å²) in [7, 11) is 0. The van der Waals surface area contributed by atoms with Crippen molar-refractivity contribution in [2.45, 2.75) is 26.7 Å². The van der Waals surface area contributed by atoms with Crippen molar-refractivity contribution in [2.24, 2.45) is 0 Å². The number of benzene rings is 1. The molecule has 3 N–H and O–H groups in total. The molecule has 8 heteroatoms. The number of nitrogen functional groups attached to an aromatic ring is 1. The lowest BCUT2D eigenvalue weighted by Crippen LogP contribution is -2.31. The highest BCUT2D eigenvalue weighted by atomic mass is 16.4. The molecule has 0 atom stereocenters. The van der Waals surface area contributed by atoms with E-state index in [-0.39, 0.29) is 36.0 Å². The standard InChI is InChI=1S/C14H12N2O4.C2H4O2/c1-7-2-3-8-9(6-7)20-14(19)12(15)13(8)16-10(17)4-5-11(16)18;1-2(3)4/h2-3,6H,4-5,15H2,1H3;1H3,(H,3,4). The molecule has 1 fully saturated rings. The number of nitrogens with two attached hydrogens (primary N) is 1. The Morgan fingerprint density at radius 2 is 1.75 bits per heavy atom. The molecule has 0 saturated carbocycles. The molecule has 0 aliphatic carbocycles. The van der Waals surface area contributed by atoms with Crippen LogP contribution in [0.3, 0.4) is 0 Å². The van der Waals surface area contributed by atoms with Crippen LogP contribution in [0.1, 0.15) is 25.3 Å². The van der Waals surface area contributed by atoms with Gasteiger partial charge in [0, 0.05) is 25.2 Å². The monoisotopic (exact) mass is 332 g/mol. The molecule has 1 aromatic heterocycles. The van der Waals surface area contributed by atoms with Crippen molar-refractivity contribution in [1.29, 1.82) is 0 Å². The van der Waals surface area contributed by atoms with E-state index in [0.29, 0.717) is 11.0 Å². The number of imide groups is 1. The van der Waals surface area contributed by atoms with E-state index in [2.05, 4.69) is 0 Å². The molecular weight excluding hydrogens is 316 g/mol. The van der Waals surface area contributed by atoms with E-state index >= 15 is 0 Å². The Kier molecular flexibility index (Phi) is 4.68. The van der Waals surface area contributed by atoms with E-state index in [9.17, 15) is 14.4 Å². The van der Waals surface area contributed by atoms with E-state index in [4.69, 9.17) is 20.1 Å². The van der Waals surface area contributed by atoms with Crippen LogP contribution >= 0.6 is 0 Å². The number of hydrogen-bond acceptors (Lipinski definition) is 6. The lowest BCUT2D eigenvalue weighted by atomic mass is 10.1. The van der Waals surface area contributed by atoms with Crippen LogP contribution in [0.2, 0.25) is 0 Å². The van der Waals surface area contributed by atoms with Gasteiger partial charge in [-0.15, -0.1) is 0 Å². The number of anilines is 2. The predicted octanol–water partition coefficient (Wildman–Crippen LogP) is 1.43. The van der Waals surface area contributed by atoms with Crippen molar-refractivity contribution in [3.05, 3.63) is 34.2 Å². The predicted molar refractivity (Wildman–Crippen MR) is 86.7 cm³/mol. The minimum absolute atomic E-state index is 0.131. The molecule has 0 radical (unpaired) electrons. The van der Waals surface area contributed by atoms with Crippen LogP contribution in [0, 0.1) is 6.92 Å². The highest BCUT2D eigenvalue weighted by molar-refractivity contribution is 6.24. The first kappa shape index (κ1) is 17.2. The third-order valence-corrected chi connectivity index (χ3v) is 3.35. The van der Waals surface area contributed by atoms with Gasteiger partial charge < -0.3 is 15.3 Å². The topological polar surface area (TPSA) is 131 Å². The zero-order chi connectivity index (χ0) is 18.0. The average molecular weight is 332 g/mol. The molecule has 3 rings (SSSR count). The summed E-state index contributed by atoms with van der Waals surface area (Å²) in [5.41, 5.74) is 6.13. The molecule has 2 heterocycles. The van der Waals surface area contributed by atoms with Crippen LogP contribution in [0.4, 0.5) is 11.4 Å². The number of carboxylic acid groups (broad SMARTS) is 1. The van der Waals surface area contributed by atoms with Crippen molar-refractivity contribution < 1.29 is 23.9 Å². The smallest absolute Gasteiger partial charge is 0.361 e. The Hall–Kier alpha value is -3.16. The van der Waals surface area contributed by atoms with Crippen LogP contribution in [-0.4, -0.2) is 22.9 Å². The summed E-state index contributed by atoms with van der Waals surface area (Å²) < 4.78 is 5.11. The minimum atomic E-state index is -0.833. The van der Waals surface area contributed by atoms with E-state index in [1.165, 1.54) is 0 Å². The number of fused-ring (bicyclic) bond motifs is 1. The first-order valence-electron chi connectivity index (χ1n) is 7.10. The minimum Gasteiger partial charge on any atom is -0.481 e. The number of carbonyl (C=O) groups excluding carboxylic acids is 2. The van der Waals surface area contributed by atoms with Gasteiger partial charge in [0.1, 0.15) is 11.3 Å². The van der Waals surface area contributed by atoms with Crippen LogP contribution in [0.15, 0.2) is 27.4 Å². The number of carboxylic acids is 1. The van der Waals surface area contributed by atoms with Crippen LogP contribution in [0.25, 0.3) is 11.0 Å². The van der Waals surface area contributed by atoms with E-state index in [0.717, 1.165) is 17.4 Å². The van der Waals surface area contributed by atoms with Gasteiger partial charge in [-0.2, -0.15) is 0 Å². The normalized spacial score (nSPS) is 13.8. The molecule has 24 heavy (non-hydrogen) atoms. The van der Waals surface area contributed by atoms with Crippen LogP contribution in [0.5, 0.6) is 0 Å². The summed E-state index contributed by atoms with van der Waals surface area (Å²) >= 11 is 0. The number of aryl methyl sites for hydroxylation is 1. The van der Waals surface area contributed by atoms with Gasteiger partial charge in [-0.05, 0) is 24.6 Å². The third kappa shape index (κ3) is 3.27. The largest absolute Gasteiger partial charge is 0.481 e. The van der Waals surface area contributed by atoms with Crippen molar-refractivity contribution in [3.8, 4) is 0 Å². The number of aliphatic carboxylic acids is 1. The van der Waals surface area contributed by atoms with E-state index < -0.39 is 11.6 Å². The summed E-state index contributed by atoms with van der Waals surface area (Å²) in [6.07, 6.45) is 0.262. The molecule has 0 unspecified atom stereocenters. The maximum absolute atomic E-state index is 11.9. The van der Waals surface area contributed by atoms with Crippen LogP contribution in [-0.2, 0) is 14.4 Å². The van der Waals surface area contributed by atoms with Gasteiger partial charge in [0.2, 0.25) is 11.8 Å². The number of hydrogen-bond donors (Lipinski definition) is 2. The van der Waals surface area contributed by atoms with E-state index in [1.54, 1.807) is 18.2 Å². The Morgan fingerprint density at radius 3 is 2.29 bits per heavy atom. The fourth-order valence-electron chi connectivity index (χ4n) is 2.37. The maximum atomic E-state index is 11.9. The Bertz CT molecular complexity index is 879. The molecule has 8 nitrogen and oxygen atoms in total. The molecule has 1 aromatic carbocycles. The second-order valence-corrected chi connectivity index (χ2v) is 5.29.